The number of hydrogen-bond donors (Lipinski definition) is 1. The zero-order chi connectivity index (χ0) is 27.0. The average Bonchev–Trinajstić information content (AvgIpc) is 2.91. The van der Waals surface area contributed by atoms with Gasteiger partial charge in [0.05, 0.1) is 19.1 Å². The molecule has 1 aromatic carbocycles. The monoisotopic (exact) mass is 512 g/mol. The van der Waals surface area contributed by atoms with Gasteiger partial charge in [-0.05, 0) is 42.7 Å². The number of unbranched alkanes of at least 4 members (excludes halogenated alkanes) is 2. The van der Waals surface area contributed by atoms with Gasteiger partial charge in [0.2, 0.25) is 0 Å². The summed E-state index contributed by atoms with van der Waals surface area (Å²) in [6, 6.07) is 8.58. The van der Waals surface area contributed by atoms with Gasteiger partial charge in [0.15, 0.2) is 0 Å². The highest BCUT2D eigenvalue weighted by Gasteiger charge is 2.21. The third kappa shape index (κ3) is 11.7. The number of esters is 1. The Morgan fingerprint density at radius 3 is 2.19 bits per heavy atom. The number of rotatable bonds is 18. The zero-order valence-electron chi connectivity index (χ0n) is 23.1. The van der Waals surface area contributed by atoms with Crippen molar-refractivity contribution in [3.63, 3.8) is 0 Å². The minimum atomic E-state index is -0.415. The van der Waals surface area contributed by atoms with Crippen molar-refractivity contribution in [1.82, 2.24) is 0 Å². The summed E-state index contributed by atoms with van der Waals surface area (Å²) >= 11 is 0. The number of ether oxygens (including phenoxy) is 3. The molecule has 0 spiro atoms. The molecule has 1 aromatic rings. The zero-order valence-corrected chi connectivity index (χ0v) is 23.1. The van der Waals surface area contributed by atoms with Crippen molar-refractivity contribution < 1.29 is 24.1 Å². The second kappa shape index (κ2) is 17.2. The molecule has 206 valence electrons. The largest absolute Gasteiger partial charge is 0.493 e. The summed E-state index contributed by atoms with van der Waals surface area (Å²) in [6.45, 7) is 15.5. The minimum Gasteiger partial charge on any atom is -0.493 e. The van der Waals surface area contributed by atoms with Crippen LogP contribution in [0.1, 0.15) is 88.7 Å². The van der Waals surface area contributed by atoms with Crippen molar-refractivity contribution in [2.24, 2.45) is 11.8 Å². The fraction of sp³-hybridized carbons (Fsp3) is 0.594. The van der Waals surface area contributed by atoms with Crippen molar-refractivity contribution in [1.29, 1.82) is 0 Å². The van der Waals surface area contributed by atoms with E-state index in [2.05, 4.69) is 50.9 Å². The first-order valence-corrected chi connectivity index (χ1v) is 13.9. The van der Waals surface area contributed by atoms with Crippen molar-refractivity contribution in [2.75, 3.05) is 26.6 Å². The lowest BCUT2D eigenvalue weighted by atomic mass is 9.77. The molecule has 1 N–H and O–H groups in total. The van der Waals surface area contributed by atoms with Crippen LogP contribution >= 0.6 is 0 Å². The lowest BCUT2D eigenvalue weighted by molar-refractivity contribution is -0.139. The third-order valence-electron chi connectivity index (χ3n) is 7.46. The Hall–Kier alpha value is -2.37. The maximum atomic E-state index is 12.0. The smallest absolute Gasteiger partial charge is 0.333 e. The number of aliphatic hydroxyl groups is 1. The molecule has 0 heterocycles. The molecular weight excluding hydrogens is 464 g/mol. The van der Waals surface area contributed by atoms with Gasteiger partial charge < -0.3 is 19.3 Å². The average molecular weight is 513 g/mol. The Labute approximate surface area is 224 Å². The summed E-state index contributed by atoms with van der Waals surface area (Å²) in [6.07, 6.45) is 13.4. The highest BCUT2D eigenvalue weighted by Crippen LogP contribution is 2.34. The van der Waals surface area contributed by atoms with Crippen LogP contribution in [0.4, 0.5) is 0 Å². The number of carbonyl (C=O) groups excluding carboxylic acids is 1. The van der Waals surface area contributed by atoms with Gasteiger partial charge in [-0.25, -0.2) is 4.79 Å². The number of hydrogen-bond acceptors (Lipinski definition) is 5. The number of benzene rings is 1. The molecule has 1 fully saturated rings. The molecule has 0 amide bonds. The van der Waals surface area contributed by atoms with E-state index >= 15 is 0 Å². The SMILES string of the molecule is C=C(C)C(=O)OCC(COC(=C)C(=C)COCO)c1ccc(CCC2CCC(CCCCC)CC2)cc1. The molecule has 0 saturated heterocycles. The molecular formula is C32H48O5. The second-order valence-corrected chi connectivity index (χ2v) is 10.6. The molecule has 5 nitrogen and oxygen atoms in total. The van der Waals surface area contributed by atoms with Gasteiger partial charge in [0.25, 0.3) is 0 Å². The summed E-state index contributed by atoms with van der Waals surface area (Å²) in [5, 5.41) is 8.82. The molecule has 1 saturated carbocycles. The topological polar surface area (TPSA) is 65.0 Å². The van der Waals surface area contributed by atoms with Crippen molar-refractivity contribution >= 4 is 5.97 Å². The van der Waals surface area contributed by atoms with Crippen molar-refractivity contribution in [3.05, 3.63) is 72.0 Å². The quantitative estimate of drug-likeness (QED) is 0.0560. The molecule has 5 heteroatoms. The predicted molar refractivity (Wildman–Crippen MR) is 150 cm³/mol. The molecule has 1 aliphatic carbocycles. The van der Waals surface area contributed by atoms with Gasteiger partial charge in [-0.15, -0.1) is 0 Å². The van der Waals surface area contributed by atoms with Crippen molar-refractivity contribution in [3.8, 4) is 0 Å². The summed E-state index contributed by atoms with van der Waals surface area (Å²) in [4.78, 5) is 12.0. The maximum Gasteiger partial charge on any atom is 0.333 e. The molecule has 0 radical (unpaired) electrons. The molecule has 0 aliphatic heterocycles. The Balaban J connectivity index is 1.88. The van der Waals surface area contributed by atoms with Crippen LogP contribution in [-0.2, 0) is 25.4 Å². The Morgan fingerprint density at radius 1 is 0.973 bits per heavy atom. The van der Waals surface area contributed by atoms with Crippen LogP contribution < -0.4 is 0 Å². The van der Waals surface area contributed by atoms with Gasteiger partial charge in [0.1, 0.15) is 19.2 Å². The van der Waals surface area contributed by atoms with Crippen molar-refractivity contribution in [2.45, 2.75) is 84.0 Å². The molecule has 0 bridgehead atoms. The Morgan fingerprint density at radius 2 is 1.59 bits per heavy atom. The van der Waals surface area contributed by atoms with E-state index in [0.717, 1.165) is 23.8 Å². The first-order chi connectivity index (χ1) is 17.8. The predicted octanol–water partition coefficient (Wildman–Crippen LogP) is 7.26. The lowest BCUT2D eigenvalue weighted by Crippen LogP contribution is -2.18. The van der Waals surface area contributed by atoms with Crippen LogP contribution in [0.25, 0.3) is 0 Å². The van der Waals surface area contributed by atoms with Gasteiger partial charge in [-0.2, -0.15) is 0 Å². The van der Waals surface area contributed by atoms with Crippen LogP contribution in [0.15, 0.2) is 60.9 Å². The highest BCUT2D eigenvalue weighted by molar-refractivity contribution is 5.86. The fourth-order valence-corrected chi connectivity index (χ4v) is 4.91. The van der Waals surface area contributed by atoms with Gasteiger partial charge in [0, 0.05) is 11.1 Å². The molecule has 37 heavy (non-hydrogen) atoms. The third-order valence-corrected chi connectivity index (χ3v) is 7.46. The maximum absolute atomic E-state index is 12.0. The standard InChI is InChI=1S/C32H48O5/c1-6-7-8-9-27-10-12-28(13-11-27)14-15-29-16-18-30(19-17-29)31(22-37-32(34)24(2)3)21-36-26(5)25(4)20-35-23-33/h16-19,27-28,31,33H,2,4-15,20-23H2,1,3H3. The highest BCUT2D eigenvalue weighted by atomic mass is 16.6. The first kappa shape index (κ1) is 30.9. The van der Waals surface area contributed by atoms with E-state index < -0.39 is 12.8 Å². The van der Waals surface area contributed by atoms with E-state index in [1.165, 1.54) is 63.4 Å². The van der Waals surface area contributed by atoms with Gasteiger partial charge in [-0.3, -0.25) is 0 Å². The van der Waals surface area contributed by atoms with E-state index in [1.807, 2.05) is 0 Å². The van der Waals surface area contributed by atoms with Crippen LogP contribution in [0.5, 0.6) is 0 Å². The normalized spacial score (nSPS) is 18.1. The van der Waals surface area contributed by atoms with Crippen LogP contribution in [0, 0.1) is 11.8 Å². The molecule has 1 unspecified atom stereocenters. The first-order valence-electron chi connectivity index (χ1n) is 13.9. The summed E-state index contributed by atoms with van der Waals surface area (Å²) in [7, 11) is 0. The molecule has 0 aromatic heterocycles. The van der Waals surface area contributed by atoms with E-state index in [1.54, 1.807) is 6.92 Å². The summed E-state index contributed by atoms with van der Waals surface area (Å²) in [5.74, 6) is 1.61. The lowest BCUT2D eigenvalue weighted by Gasteiger charge is -2.28. The van der Waals surface area contributed by atoms with Crippen LogP contribution in [-0.4, -0.2) is 37.7 Å². The van der Waals surface area contributed by atoms with E-state index in [-0.39, 0.29) is 25.7 Å². The molecule has 1 atom stereocenters. The van der Waals surface area contributed by atoms with Crippen LogP contribution in [0.2, 0.25) is 0 Å². The second-order valence-electron chi connectivity index (χ2n) is 10.6. The Kier molecular flexibility index (Phi) is 14.3. The van der Waals surface area contributed by atoms with E-state index in [4.69, 9.17) is 19.3 Å². The fourth-order valence-electron chi connectivity index (χ4n) is 4.91. The van der Waals surface area contributed by atoms with E-state index in [9.17, 15) is 4.79 Å². The summed E-state index contributed by atoms with van der Waals surface area (Å²) in [5.41, 5.74) is 3.29. The number of carbonyl (C=O) groups is 1. The van der Waals surface area contributed by atoms with Gasteiger partial charge in [-0.1, -0.05) is 102 Å². The minimum absolute atomic E-state index is 0.139. The van der Waals surface area contributed by atoms with Crippen LogP contribution in [0.3, 0.4) is 0 Å². The number of aliphatic hydroxyl groups excluding tert-OH is 1. The number of aryl methyl sites for hydroxylation is 1. The molecule has 2 rings (SSSR count). The summed E-state index contributed by atoms with van der Waals surface area (Å²) < 4.78 is 16.2. The van der Waals surface area contributed by atoms with Gasteiger partial charge >= 0.3 is 5.97 Å². The Bertz CT molecular complexity index is 848. The molecule has 1 aliphatic rings. The van der Waals surface area contributed by atoms with E-state index in [0.29, 0.717) is 16.9 Å².